The van der Waals surface area contributed by atoms with E-state index in [0.29, 0.717) is 6.54 Å². The fraction of sp³-hybridized carbons (Fsp3) is 0.125. The molecular weight excluding hydrogens is 170 g/mol. The van der Waals surface area contributed by atoms with E-state index in [0.717, 1.165) is 11.3 Å². The second-order valence-corrected chi connectivity index (χ2v) is 2.71. The van der Waals surface area contributed by atoms with Crippen LogP contribution >= 0.6 is 0 Å². The second kappa shape index (κ2) is 2.85. The number of benzene rings is 1. The van der Waals surface area contributed by atoms with Gasteiger partial charge >= 0.3 is 0 Å². The topological polar surface area (TPSA) is 67.5 Å². The van der Waals surface area contributed by atoms with Crippen LogP contribution in [0.4, 0.5) is 11.4 Å². The summed E-state index contributed by atoms with van der Waals surface area (Å²) in [4.78, 5) is 14.0. The van der Waals surface area contributed by atoms with Crippen molar-refractivity contribution in [2.24, 2.45) is 4.99 Å². The van der Waals surface area contributed by atoms with E-state index in [-0.39, 0.29) is 5.69 Å². The highest BCUT2D eigenvalue weighted by atomic mass is 16.6. The van der Waals surface area contributed by atoms with E-state index in [2.05, 4.69) is 10.3 Å². The van der Waals surface area contributed by atoms with E-state index < -0.39 is 4.92 Å². The van der Waals surface area contributed by atoms with Gasteiger partial charge in [-0.25, -0.2) is 0 Å². The maximum atomic E-state index is 10.4. The van der Waals surface area contributed by atoms with Gasteiger partial charge in [-0.3, -0.25) is 15.1 Å². The first-order chi connectivity index (χ1) is 6.27. The molecule has 5 heteroatoms. The number of nitrogens with one attached hydrogen (secondary N) is 1. The molecule has 0 amide bonds. The summed E-state index contributed by atoms with van der Waals surface area (Å²) in [6, 6.07) is 4.71. The molecular formula is C8H7N3O2. The predicted molar refractivity (Wildman–Crippen MR) is 48.9 cm³/mol. The average Bonchev–Trinajstić information content (AvgIpc) is 2.17. The Balaban J connectivity index is 2.44. The first-order valence-corrected chi connectivity index (χ1v) is 3.79. The van der Waals surface area contributed by atoms with Gasteiger partial charge in [0.2, 0.25) is 0 Å². The van der Waals surface area contributed by atoms with E-state index in [1.165, 1.54) is 6.07 Å². The van der Waals surface area contributed by atoms with Crippen LogP contribution in [0.3, 0.4) is 0 Å². The molecule has 1 heterocycles. The minimum absolute atomic E-state index is 0.109. The molecule has 1 aliphatic heterocycles. The van der Waals surface area contributed by atoms with E-state index in [1.807, 2.05) is 0 Å². The Morgan fingerprint density at radius 2 is 2.38 bits per heavy atom. The number of rotatable bonds is 1. The highest BCUT2D eigenvalue weighted by Gasteiger charge is 2.11. The maximum Gasteiger partial charge on any atom is 0.269 e. The molecule has 0 spiro atoms. The lowest BCUT2D eigenvalue weighted by Gasteiger charge is -2.10. The smallest absolute Gasteiger partial charge is 0.269 e. The van der Waals surface area contributed by atoms with E-state index in [4.69, 9.17) is 0 Å². The van der Waals surface area contributed by atoms with Crippen LogP contribution < -0.4 is 5.32 Å². The zero-order valence-corrected chi connectivity index (χ0v) is 6.73. The molecule has 0 bridgehead atoms. The van der Waals surface area contributed by atoms with Crippen molar-refractivity contribution in [3.63, 3.8) is 0 Å². The van der Waals surface area contributed by atoms with Crippen molar-refractivity contribution in [1.29, 1.82) is 0 Å². The van der Waals surface area contributed by atoms with Crippen molar-refractivity contribution >= 4 is 17.7 Å². The van der Waals surface area contributed by atoms with Gasteiger partial charge in [-0.1, -0.05) is 0 Å². The van der Waals surface area contributed by atoms with Crippen molar-refractivity contribution in [1.82, 2.24) is 0 Å². The predicted octanol–water partition coefficient (Wildman–Crippen LogP) is 1.55. The van der Waals surface area contributed by atoms with Gasteiger partial charge in [0.15, 0.2) is 0 Å². The zero-order chi connectivity index (χ0) is 9.26. The fourth-order valence-corrected chi connectivity index (χ4v) is 1.22. The monoisotopic (exact) mass is 177 g/mol. The summed E-state index contributed by atoms with van der Waals surface area (Å²) in [5, 5.41) is 13.3. The highest BCUT2D eigenvalue weighted by molar-refractivity contribution is 5.80. The van der Waals surface area contributed by atoms with Crippen molar-refractivity contribution in [2.45, 2.75) is 6.54 Å². The quantitative estimate of drug-likeness (QED) is 0.522. The number of anilines is 1. The molecule has 0 saturated heterocycles. The van der Waals surface area contributed by atoms with Crippen LogP contribution in [-0.4, -0.2) is 11.3 Å². The minimum atomic E-state index is -0.404. The third-order valence-electron chi connectivity index (χ3n) is 1.87. The first kappa shape index (κ1) is 7.72. The van der Waals surface area contributed by atoms with Gasteiger partial charge in [0, 0.05) is 23.4 Å². The lowest BCUT2D eigenvalue weighted by molar-refractivity contribution is -0.384. The molecule has 66 valence electrons. The van der Waals surface area contributed by atoms with Crippen molar-refractivity contribution in [3.05, 3.63) is 33.9 Å². The molecule has 0 radical (unpaired) electrons. The van der Waals surface area contributed by atoms with Crippen molar-refractivity contribution in [3.8, 4) is 0 Å². The number of nitro groups is 1. The summed E-state index contributed by atoms with van der Waals surface area (Å²) in [5.41, 5.74) is 1.86. The van der Waals surface area contributed by atoms with Crippen LogP contribution in [0.1, 0.15) is 5.56 Å². The lowest BCUT2D eigenvalue weighted by atomic mass is 10.1. The number of non-ortho nitro benzene ring substituents is 1. The Labute approximate surface area is 74.3 Å². The molecule has 1 N–H and O–H groups in total. The molecule has 0 aromatic heterocycles. The Hall–Kier alpha value is -1.91. The van der Waals surface area contributed by atoms with Gasteiger partial charge in [-0.15, -0.1) is 0 Å². The average molecular weight is 177 g/mol. The maximum absolute atomic E-state index is 10.4. The molecule has 0 saturated carbocycles. The van der Waals surface area contributed by atoms with Crippen molar-refractivity contribution in [2.75, 3.05) is 5.32 Å². The summed E-state index contributed by atoms with van der Waals surface area (Å²) < 4.78 is 0. The largest absolute Gasteiger partial charge is 0.346 e. The van der Waals surface area contributed by atoms with Crippen LogP contribution in [0.5, 0.6) is 0 Å². The number of hydrogen-bond acceptors (Lipinski definition) is 4. The molecule has 2 rings (SSSR count). The molecule has 1 aliphatic rings. The van der Waals surface area contributed by atoms with Gasteiger partial charge in [0.1, 0.15) is 0 Å². The van der Waals surface area contributed by atoms with Crippen LogP contribution in [0.15, 0.2) is 23.2 Å². The summed E-state index contributed by atoms with van der Waals surface area (Å²) in [6.45, 7) is 0.504. The van der Waals surface area contributed by atoms with E-state index >= 15 is 0 Å². The van der Waals surface area contributed by atoms with Gasteiger partial charge in [-0.2, -0.15) is 0 Å². The standard InChI is InChI=1S/C8H7N3O2/c12-11(13)7-1-2-8-6(3-7)4-9-5-10-8/h1-3,5H,4H2,(H,9,10). The summed E-state index contributed by atoms with van der Waals surface area (Å²) in [5.74, 6) is 0. The first-order valence-electron chi connectivity index (χ1n) is 3.79. The number of nitrogens with zero attached hydrogens (tertiary/aromatic N) is 2. The molecule has 1 aromatic rings. The lowest BCUT2D eigenvalue weighted by Crippen LogP contribution is -2.05. The van der Waals surface area contributed by atoms with Crippen molar-refractivity contribution < 1.29 is 4.92 Å². The zero-order valence-electron chi connectivity index (χ0n) is 6.73. The molecule has 13 heavy (non-hydrogen) atoms. The number of hydrogen-bond donors (Lipinski definition) is 1. The van der Waals surface area contributed by atoms with Gasteiger partial charge < -0.3 is 5.32 Å². The Morgan fingerprint density at radius 3 is 3.15 bits per heavy atom. The molecule has 0 unspecified atom stereocenters. The molecule has 0 atom stereocenters. The van der Waals surface area contributed by atoms with Gasteiger partial charge in [-0.05, 0) is 6.07 Å². The summed E-state index contributed by atoms with van der Waals surface area (Å²) in [6.07, 6.45) is 1.59. The SMILES string of the molecule is O=[N+]([O-])c1ccc2c(c1)CN=CN2. The number of fused-ring (bicyclic) bond motifs is 1. The fourth-order valence-electron chi connectivity index (χ4n) is 1.22. The van der Waals surface area contributed by atoms with E-state index in [1.54, 1.807) is 18.5 Å². The van der Waals surface area contributed by atoms with Crippen LogP contribution in [0.2, 0.25) is 0 Å². The van der Waals surface area contributed by atoms with Crippen LogP contribution in [0, 0.1) is 10.1 Å². The Kier molecular flexibility index (Phi) is 1.70. The normalized spacial score (nSPS) is 13.2. The minimum Gasteiger partial charge on any atom is -0.346 e. The Morgan fingerprint density at radius 1 is 1.54 bits per heavy atom. The Bertz CT molecular complexity index is 387. The van der Waals surface area contributed by atoms with Gasteiger partial charge in [0.25, 0.3) is 5.69 Å². The molecule has 5 nitrogen and oxygen atoms in total. The molecule has 0 fully saturated rings. The third kappa shape index (κ3) is 1.35. The van der Waals surface area contributed by atoms with Gasteiger partial charge in [0.05, 0.1) is 17.8 Å². The second-order valence-electron chi connectivity index (χ2n) is 2.71. The number of nitro benzene ring substituents is 1. The van der Waals surface area contributed by atoms with Crippen LogP contribution in [-0.2, 0) is 6.54 Å². The highest BCUT2D eigenvalue weighted by Crippen LogP contribution is 2.23. The summed E-state index contributed by atoms with van der Waals surface area (Å²) in [7, 11) is 0. The summed E-state index contributed by atoms with van der Waals surface area (Å²) >= 11 is 0. The number of aliphatic imine (C=N–C) groups is 1. The third-order valence-corrected chi connectivity index (χ3v) is 1.87. The molecule has 1 aromatic carbocycles. The van der Waals surface area contributed by atoms with Crippen LogP contribution in [0.25, 0.3) is 0 Å². The van der Waals surface area contributed by atoms with E-state index in [9.17, 15) is 10.1 Å². The molecule has 0 aliphatic carbocycles.